The van der Waals surface area contributed by atoms with Crippen molar-refractivity contribution in [3.05, 3.63) is 82.9 Å². The maximum absolute atomic E-state index is 11.8. The Kier molecular flexibility index (Phi) is 3.39. The topological polar surface area (TPSA) is 74.6 Å². The average molecular weight is 330 g/mol. The van der Waals surface area contributed by atoms with Crippen molar-refractivity contribution >= 4 is 11.9 Å². The Morgan fingerprint density at radius 2 is 1.28 bits per heavy atom. The molecular weight excluding hydrogens is 316 g/mol. The van der Waals surface area contributed by atoms with Crippen LogP contribution < -0.4 is 0 Å². The van der Waals surface area contributed by atoms with Gasteiger partial charge in [0.05, 0.1) is 11.1 Å². The highest BCUT2D eigenvalue weighted by Gasteiger charge is 2.25. The number of carbonyl (C=O) groups is 2. The number of hydrogen-bond acceptors (Lipinski definition) is 2. The Morgan fingerprint density at radius 1 is 0.680 bits per heavy atom. The lowest BCUT2D eigenvalue weighted by Crippen LogP contribution is -2.10. The molecule has 0 heterocycles. The van der Waals surface area contributed by atoms with Gasteiger partial charge in [-0.2, -0.15) is 0 Å². The van der Waals surface area contributed by atoms with Crippen molar-refractivity contribution in [1.82, 2.24) is 0 Å². The van der Waals surface area contributed by atoms with Crippen LogP contribution in [0.2, 0.25) is 0 Å². The van der Waals surface area contributed by atoms with Gasteiger partial charge in [-0.1, -0.05) is 54.6 Å². The smallest absolute Gasteiger partial charge is 0.337 e. The van der Waals surface area contributed by atoms with E-state index in [9.17, 15) is 19.8 Å². The van der Waals surface area contributed by atoms with Gasteiger partial charge in [0.1, 0.15) is 0 Å². The van der Waals surface area contributed by atoms with E-state index in [0.717, 1.165) is 22.3 Å². The zero-order valence-corrected chi connectivity index (χ0v) is 13.2. The van der Waals surface area contributed by atoms with E-state index < -0.39 is 11.9 Å². The number of carboxylic acids is 2. The van der Waals surface area contributed by atoms with Crippen LogP contribution in [0.15, 0.2) is 60.7 Å². The van der Waals surface area contributed by atoms with Crippen molar-refractivity contribution in [1.29, 1.82) is 0 Å². The zero-order chi connectivity index (χ0) is 17.6. The SMILES string of the molecule is O=C(O)c1cccc(-c2cccc3c2Cc2ccccc2-3)c1C(=O)O. The van der Waals surface area contributed by atoms with Crippen molar-refractivity contribution in [3.63, 3.8) is 0 Å². The molecule has 0 fully saturated rings. The van der Waals surface area contributed by atoms with Crippen LogP contribution in [-0.4, -0.2) is 22.2 Å². The van der Waals surface area contributed by atoms with Gasteiger partial charge in [-0.15, -0.1) is 0 Å². The Hall–Kier alpha value is -3.40. The van der Waals surface area contributed by atoms with Crippen molar-refractivity contribution < 1.29 is 19.8 Å². The molecule has 0 bridgehead atoms. The molecule has 4 nitrogen and oxygen atoms in total. The molecule has 0 aliphatic heterocycles. The summed E-state index contributed by atoms with van der Waals surface area (Å²) in [6.07, 6.45) is 0.706. The lowest BCUT2D eigenvalue weighted by molar-refractivity contribution is 0.0652. The summed E-state index contributed by atoms with van der Waals surface area (Å²) in [6, 6.07) is 18.4. The van der Waals surface area contributed by atoms with E-state index in [1.807, 2.05) is 30.3 Å². The first-order valence-corrected chi connectivity index (χ1v) is 7.88. The van der Waals surface area contributed by atoms with E-state index in [0.29, 0.717) is 12.0 Å². The molecule has 25 heavy (non-hydrogen) atoms. The van der Waals surface area contributed by atoms with Gasteiger partial charge in [-0.3, -0.25) is 0 Å². The molecule has 2 N–H and O–H groups in total. The maximum atomic E-state index is 11.8. The standard InChI is InChI=1S/C21H14O4/c22-20(23)17-10-4-9-16(19(17)21(24)25)15-8-3-7-14-13-6-2-1-5-12(13)11-18(14)15/h1-10H,11H2,(H,22,23)(H,24,25). The molecule has 0 aromatic heterocycles. The summed E-state index contributed by atoms with van der Waals surface area (Å²) in [5.74, 6) is -2.48. The first-order valence-electron chi connectivity index (χ1n) is 7.88. The highest BCUT2D eigenvalue weighted by molar-refractivity contribution is 6.07. The van der Waals surface area contributed by atoms with Crippen LogP contribution in [0.1, 0.15) is 31.8 Å². The number of benzene rings is 3. The number of fused-ring (bicyclic) bond motifs is 3. The molecule has 122 valence electrons. The van der Waals surface area contributed by atoms with E-state index in [1.165, 1.54) is 11.6 Å². The molecule has 0 spiro atoms. The summed E-state index contributed by atoms with van der Waals surface area (Å²) < 4.78 is 0. The molecule has 0 saturated heterocycles. The lowest BCUT2D eigenvalue weighted by atomic mass is 9.90. The van der Waals surface area contributed by atoms with E-state index in [4.69, 9.17) is 0 Å². The lowest BCUT2D eigenvalue weighted by Gasteiger charge is -2.13. The van der Waals surface area contributed by atoms with Crippen LogP contribution in [-0.2, 0) is 6.42 Å². The molecular formula is C21H14O4. The number of aromatic carboxylic acids is 2. The fourth-order valence-electron chi connectivity index (χ4n) is 3.60. The number of carboxylic acid groups (broad SMARTS) is 2. The first kappa shape index (κ1) is 15.1. The van der Waals surface area contributed by atoms with Crippen molar-refractivity contribution in [3.8, 4) is 22.3 Å². The van der Waals surface area contributed by atoms with Gasteiger partial charge in [0.25, 0.3) is 0 Å². The largest absolute Gasteiger partial charge is 0.478 e. The third-order valence-electron chi connectivity index (χ3n) is 4.65. The van der Waals surface area contributed by atoms with Gasteiger partial charge < -0.3 is 10.2 Å². The predicted molar refractivity (Wildman–Crippen MR) is 94.0 cm³/mol. The second kappa shape index (κ2) is 5.60. The quantitative estimate of drug-likeness (QED) is 0.586. The average Bonchev–Trinajstić information content (AvgIpc) is 2.99. The molecule has 0 unspecified atom stereocenters. The predicted octanol–water partition coefficient (Wildman–Crippen LogP) is 4.32. The number of rotatable bonds is 3. The van der Waals surface area contributed by atoms with Crippen molar-refractivity contribution in [2.45, 2.75) is 6.42 Å². The van der Waals surface area contributed by atoms with Crippen LogP contribution in [0.3, 0.4) is 0 Å². The zero-order valence-electron chi connectivity index (χ0n) is 13.2. The van der Waals surface area contributed by atoms with Gasteiger partial charge in [0.2, 0.25) is 0 Å². The Bertz CT molecular complexity index is 1030. The normalized spacial score (nSPS) is 11.7. The molecule has 4 heteroatoms. The van der Waals surface area contributed by atoms with Gasteiger partial charge in [0.15, 0.2) is 0 Å². The Labute approximate surface area is 144 Å². The summed E-state index contributed by atoms with van der Waals surface area (Å²) in [4.78, 5) is 23.2. The van der Waals surface area contributed by atoms with Gasteiger partial charge in [-0.25, -0.2) is 9.59 Å². The second-order valence-electron chi connectivity index (χ2n) is 6.00. The van der Waals surface area contributed by atoms with Gasteiger partial charge >= 0.3 is 11.9 Å². The molecule has 3 aromatic rings. The van der Waals surface area contributed by atoms with Crippen molar-refractivity contribution in [2.75, 3.05) is 0 Å². The summed E-state index contributed by atoms with van der Waals surface area (Å²) in [7, 11) is 0. The minimum Gasteiger partial charge on any atom is -0.478 e. The van der Waals surface area contributed by atoms with Crippen LogP contribution in [0, 0.1) is 0 Å². The van der Waals surface area contributed by atoms with E-state index in [1.54, 1.807) is 12.1 Å². The van der Waals surface area contributed by atoms with Gasteiger partial charge in [-0.05, 0) is 45.9 Å². The summed E-state index contributed by atoms with van der Waals surface area (Å²) in [5, 5.41) is 19.0. The summed E-state index contributed by atoms with van der Waals surface area (Å²) in [5.41, 5.74) is 5.30. The van der Waals surface area contributed by atoms with Crippen LogP contribution in [0.4, 0.5) is 0 Å². The first-order chi connectivity index (χ1) is 12.1. The molecule has 0 radical (unpaired) electrons. The third-order valence-corrected chi connectivity index (χ3v) is 4.65. The molecule has 4 rings (SSSR count). The van der Waals surface area contributed by atoms with E-state index >= 15 is 0 Å². The Morgan fingerprint density at radius 3 is 2.00 bits per heavy atom. The van der Waals surface area contributed by atoms with E-state index in [2.05, 4.69) is 12.1 Å². The van der Waals surface area contributed by atoms with E-state index in [-0.39, 0.29) is 11.1 Å². The monoisotopic (exact) mass is 330 g/mol. The molecule has 3 aromatic carbocycles. The molecule has 0 saturated carbocycles. The number of hydrogen-bond donors (Lipinski definition) is 2. The molecule has 1 aliphatic carbocycles. The Balaban J connectivity index is 1.99. The summed E-state index contributed by atoms with van der Waals surface area (Å²) >= 11 is 0. The second-order valence-corrected chi connectivity index (χ2v) is 6.00. The molecule has 0 amide bonds. The van der Waals surface area contributed by atoms with Gasteiger partial charge in [0, 0.05) is 0 Å². The fraction of sp³-hybridized carbons (Fsp3) is 0.0476. The highest BCUT2D eigenvalue weighted by Crippen LogP contribution is 2.42. The highest BCUT2D eigenvalue weighted by atomic mass is 16.4. The minimum atomic E-state index is -1.24. The van der Waals surface area contributed by atoms with Crippen LogP contribution >= 0.6 is 0 Å². The molecule has 0 atom stereocenters. The molecule has 1 aliphatic rings. The maximum Gasteiger partial charge on any atom is 0.337 e. The van der Waals surface area contributed by atoms with Crippen LogP contribution in [0.25, 0.3) is 22.3 Å². The van der Waals surface area contributed by atoms with Crippen LogP contribution in [0.5, 0.6) is 0 Å². The fourth-order valence-corrected chi connectivity index (χ4v) is 3.60. The third kappa shape index (κ3) is 2.31. The van der Waals surface area contributed by atoms with Crippen molar-refractivity contribution in [2.24, 2.45) is 0 Å². The minimum absolute atomic E-state index is 0.167. The summed E-state index contributed by atoms with van der Waals surface area (Å²) in [6.45, 7) is 0.